The molecule has 1 aromatic rings. The zero-order chi connectivity index (χ0) is 15.4. The summed E-state index contributed by atoms with van der Waals surface area (Å²) in [4.78, 5) is 25.2. The van der Waals surface area contributed by atoms with Crippen molar-refractivity contribution in [1.82, 2.24) is 4.90 Å². The van der Waals surface area contributed by atoms with Crippen LogP contribution in [0.25, 0.3) is 0 Å². The van der Waals surface area contributed by atoms with Crippen LogP contribution in [0.2, 0.25) is 0 Å². The molecule has 1 heterocycles. The minimum Gasteiger partial charge on any atom is -0.478 e. The molecule has 0 spiro atoms. The van der Waals surface area contributed by atoms with Crippen LogP contribution in [0.3, 0.4) is 0 Å². The molecule has 0 atom stereocenters. The number of rotatable bonds is 3. The van der Waals surface area contributed by atoms with Crippen molar-refractivity contribution in [2.24, 2.45) is 5.92 Å². The van der Waals surface area contributed by atoms with E-state index in [1.165, 1.54) is 6.07 Å². The molecule has 21 heavy (non-hydrogen) atoms. The topological polar surface area (TPSA) is 69.6 Å². The summed E-state index contributed by atoms with van der Waals surface area (Å²) in [5.41, 5.74) is 0.412. The summed E-state index contributed by atoms with van der Waals surface area (Å²) >= 11 is 3.24. The number of carbonyl (C=O) groups is 2. The van der Waals surface area contributed by atoms with Crippen molar-refractivity contribution >= 4 is 33.6 Å². The standard InChI is InChI=1S/C15H19BrN2O3/c1-2-10-5-7-18(8-6-10)15(21)17-13-4-3-11(16)9-12(13)14(19)20/h3-4,9-10H,2,5-8H2,1H3,(H,17,21)(H,19,20). The average molecular weight is 355 g/mol. The SMILES string of the molecule is CCC1CCN(C(=O)Nc2ccc(Br)cc2C(=O)O)CC1. The molecule has 0 aromatic heterocycles. The van der Waals surface area contributed by atoms with Crippen LogP contribution in [0.15, 0.2) is 22.7 Å². The highest BCUT2D eigenvalue weighted by molar-refractivity contribution is 9.10. The smallest absolute Gasteiger partial charge is 0.337 e. The number of likely N-dealkylation sites (tertiary alicyclic amines) is 1. The van der Waals surface area contributed by atoms with E-state index in [0.29, 0.717) is 16.1 Å². The van der Waals surface area contributed by atoms with Gasteiger partial charge in [-0.25, -0.2) is 9.59 Å². The molecule has 1 aromatic carbocycles. The minimum absolute atomic E-state index is 0.0844. The number of nitrogens with zero attached hydrogens (tertiary/aromatic N) is 1. The van der Waals surface area contributed by atoms with Crippen molar-refractivity contribution in [2.45, 2.75) is 26.2 Å². The summed E-state index contributed by atoms with van der Waals surface area (Å²) in [5.74, 6) is -0.368. The third kappa shape index (κ3) is 3.97. The average Bonchev–Trinajstić information content (AvgIpc) is 2.49. The van der Waals surface area contributed by atoms with Crippen molar-refractivity contribution in [3.63, 3.8) is 0 Å². The Morgan fingerprint density at radius 1 is 1.38 bits per heavy atom. The number of hydrogen-bond donors (Lipinski definition) is 2. The molecule has 2 amide bonds. The second-order valence-corrected chi connectivity index (χ2v) is 6.18. The summed E-state index contributed by atoms with van der Waals surface area (Å²) in [7, 11) is 0. The molecular formula is C15H19BrN2O3. The predicted octanol–water partition coefficient (Wildman–Crippen LogP) is 3.80. The Morgan fingerprint density at radius 2 is 2.05 bits per heavy atom. The Balaban J connectivity index is 2.05. The number of halogens is 1. The number of benzene rings is 1. The Kier molecular flexibility index (Phi) is 5.22. The van der Waals surface area contributed by atoms with Gasteiger partial charge < -0.3 is 15.3 Å². The first-order valence-electron chi connectivity index (χ1n) is 7.10. The first kappa shape index (κ1) is 15.8. The summed E-state index contributed by atoms with van der Waals surface area (Å²) in [6.07, 6.45) is 3.16. The number of carboxylic acid groups (broad SMARTS) is 1. The van der Waals surface area contributed by atoms with Gasteiger partial charge in [-0.1, -0.05) is 29.3 Å². The van der Waals surface area contributed by atoms with Gasteiger partial charge >= 0.3 is 12.0 Å². The van der Waals surface area contributed by atoms with Crippen LogP contribution in [-0.2, 0) is 0 Å². The van der Waals surface area contributed by atoms with Gasteiger partial charge in [0.25, 0.3) is 0 Å². The third-order valence-electron chi connectivity index (χ3n) is 3.93. The van der Waals surface area contributed by atoms with Gasteiger partial charge in [-0.2, -0.15) is 0 Å². The molecule has 5 nitrogen and oxygen atoms in total. The van der Waals surface area contributed by atoms with E-state index in [0.717, 1.165) is 32.4 Å². The maximum Gasteiger partial charge on any atom is 0.337 e. The van der Waals surface area contributed by atoms with E-state index < -0.39 is 5.97 Å². The van der Waals surface area contributed by atoms with Gasteiger partial charge in [0.05, 0.1) is 11.3 Å². The Hall–Kier alpha value is -1.56. The summed E-state index contributed by atoms with van der Waals surface area (Å²) in [5, 5.41) is 11.9. The quantitative estimate of drug-likeness (QED) is 0.867. The van der Waals surface area contributed by atoms with Crippen molar-refractivity contribution in [1.29, 1.82) is 0 Å². The number of carbonyl (C=O) groups excluding carboxylic acids is 1. The zero-order valence-corrected chi connectivity index (χ0v) is 13.5. The number of carboxylic acids is 1. The van der Waals surface area contributed by atoms with Gasteiger partial charge in [-0.3, -0.25) is 0 Å². The second-order valence-electron chi connectivity index (χ2n) is 5.26. The van der Waals surface area contributed by atoms with Crippen molar-refractivity contribution < 1.29 is 14.7 Å². The highest BCUT2D eigenvalue weighted by Gasteiger charge is 2.23. The molecule has 2 N–H and O–H groups in total. The van der Waals surface area contributed by atoms with Crippen molar-refractivity contribution in [3.8, 4) is 0 Å². The predicted molar refractivity (Wildman–Crippen MR) is 84.7 cm³/mol. The lowest BCUT2D eigenvalue weighted by Gasteiger charge is -2.31. The molecule has 0 bridgehead atoms. The molecule has 2 rings (SSSR count). The fourth-order valence-electron chi connectivity index (χ4n) is 2.54. The van der Waals surface area contributed by atoms with Gasteiger partial charge in [-0.05, 0) is 37.0 Å². The molecule has 1 fully saturated rings. The van der Waals surface area contributed by atoms with E-state index in [1.54, 1.807) is 17.0 Å². The highest BCUT2D eigenvalue weighted by Crippen LogP contribution is 2.23. The molecule has 6 heteroatoms. The molecule has 1 saturated heterocycles. The summed E-state index contributed by atoms with van der Waals surface area (Å²) in [6.45, 7) is 3.62. The van der Waals surface area contributed by atoms with Gasteiger partial charge in [0.1, 0.15) is 0 Å². The van der Waals surface area contributed by atoms with Gasteiger partial charge in [0.2, 0.25) is 0 Å². The van der Waals surface area contributed by atoms with Crippen LogP contribution in [0.1, 0.15) is 36.5 Å². The molecule has 0 radical (unpaired) electrons. The number of nitrogens with one attached hydrogen (secondary N) is 1. The molecule has 1 aliphatic heterocycles. The molecule has 0 unspecified atom stereocenters. The fraction of sp³-hybridized carbons (Fsp3) is 0.467. The van der Waals surface area contributed by atoms with Crippen molar-refractivity contribution in [2.75, 3.05) is 18.4 Å². The first-order valence-corrected chi connectivity index (χ1v) is 7.89. The van der Waals surface area contributed by atoms with E-state index >= 15 is 0 Å². The van der Waals surface area contributed by atoms with Gasteiger partial charge in [-0.15, -0.1) is 0 Å². The van der Waals surface area contributed by atoms with E-state index in [1.807, 2.05) is 0 Å². The van der Waals surface area contributed by atoms with Crippen LogP contribution in [0.5, 0.6) is 0 Å². The van der Waals surface area contributed by atoms with Gasteiger partial charge in [0.15, 0.2) is 0 Å². The number of aromatic carboxylic acids is 1. The van der Waals surface area contributed by atoms with Crippen LogP contribution in [0.4, 0.5) is 10.5 Å². The largest absolute Gasteiger partial charge is 0.478 e. The van der Waals surface area contributed by atoms with E-state index in [-0.39, 0.29) is 11.6 Å². The number of urea groups is 1. The fourth-order valence-corrected chi connectivity index (χ4v) is 2.90. The lowest BCUT2D eigenvalue weighted by Crippen LogP contribution is -2.41. The number of piperidine rings is 1. The van der Waals surface area contributed by atoms with E-state index in [9.17, 15) is 14.7 Å². The number of hydrogen-bond acceptors (Lipinski definition) is 2. The number of amides is 2. The first-order chi connectivity index (χ1) is 10.0. The van der Waals surface area contributed by atoms with Crippen molar-refractivity contribution in [3.05, 3.63) is 28.2 Å². The molecule has 114 valence electrons. The van der Waals surface area contributed by atoms with E-state index in [4.69, 9.17) is 0 Å². The Bertz CT molecular complexity index is 540. The minimum atomic E-state index is -1.06. The summed E-state index contributed by atoms with van der Waals surface area (Å²) < 4.78 is 0.668. The molecule has 0 saturated carbocycles. The van der Waals surface area contributed by atoms with Crippen LogP contribution >= 0.6 is 15.9 Å². The Labute approximate surface area is 132 Å². The maximum absolute atomic E-state index is 12.2. The highest BCUT2D eigenvalue weighted by atomic mass is 79.9. The Morgan fingerprint density at radius 3 is 2.62 bits per heavy atom. The van der Waals surface area contributed by atoms with E-state index in [2.05, 4.69) is 28.2 Å². The zero-order valence-electron chi connectivity index (χ0n) is 11.9. The maximum atomic E-state index is 12.2. The van der Waals surface area contributed by atoms with Crippen LogP contribution in [0, 0.1) is 5.92 Å². The normalized spacial score (nSPS) is 15.8. The van der Waals surface area contributed by atoms with Crippen LogP contribution in [-0.4, -0.2) is 35.1 Å². The second kappa shape index (κ2) is 6.93. The summed E-state index contributed by atoms with van der Waals surface area (Å²) in [6, 6.07) is 4.58. The molecule has 0 aliphatic carbocycles. The number of anilines is 1. The van der Waals surface area contributed by atoms with Crippen LogP contribution < -0.4 is 5.32 Å². The lowest BCUT2D eigenvalue weighted by atomic mass is 9.95. The third-order valence-corrected chi connectivity index (χ3v) is 4.43. The lowest BCUT2D eigenvalue weighted by molar-refractivity contribution is 0.0698. The van der Waals surface area contributed by atoms with Gasteiger partial charge in [0, 0.05) is 17.6 Å². The monoisotopic (exact) mass is 354 g/mol. The molecule has 1 aliphatic rings. The molecular weight excluding hydrogens is 336 g/mol.